The molecule has 0 aromatic heterocycles. The maximum absolute atomic E-state index is 5.79. The monoisotopic (exact) mass is 450 g/mol. The molecule has 0 unspecified atom stereocenters. The third-order valence-electron chi connectivity index (χ3n) is 6.74. The van der Waals surface area contributed by atoms with Crippen LogP contribution >= 0.6 is 0 Å². The van der Waals surface area contributed by atoms with Gasteiger partial charge in [0, 0.05) is 0 Å². The number of benzene rings is 4. The van der Waals surface area contributed by atoms with Gasteiger partial charge in [-0.25, -0.2) is 0 Å². The van der Waals surface area contributed by atoms with E-state index in [2.05, 4.69) is 100 Å². The van der Waals surface area contributed by atoms with Crippen LogP contribution in [0.5, 0.6) is 11.5 Å². The normalized spacial score (nSPS) is 10.9. The van der Waals surface area contributed by atoms with Crippen molar-refractivity contribution in [3.8, 4) is 22.6 Å². The first-order valence-corrected chi connectivity index (χ1v) is 11.8. The zero-order valence-corrected chi connectivity index (χ0v) is 21.2. The summed E-state index contributed by atoms with van der Waals surface area (Å²) >= 11 is 0. The van der Waals surface area contributed by atoms with Crippen molar-refractivity contribution < 1.29 is 9.47 Å². The molecule has 174 valence electrons. The molecule has 0 aliphatic rings. The van der Waals surface area contributed by atoms with Gasteiger partial charge in [-0.05, 0) is 97.2 Å². The summed E-state index contributed by atoms with van der Waals surface area (Å²) < 4.78 is 11.6. The Morgan fingerprint density at radius 1 is 0.500 bits per heavy atom. The second-order valence-corrected chi connectivity index (χ2v) is 9.25. The number of ether oxygens (including phenoxy) is 2. The van der Waals surface area contributed by atoms with Gasteiger partial charge in [0.05, 0.1) is 14.2 Å². The number of aryl methyl sites for hydroxylation is 2. The Bertz CT molecular complexity index is 1180. The van der Waals surface area contributed by atoms with E-state index in [1.54, 1.807) is 14.2 Å². The SMILES string of the molecule is COc1cc(-c2cc(Cc3ccc(C)cc3)c(C)c(OC)c2)cc(Cc2ccc(C)cc2)c1C. The molecule has 0 N–H and O–H groups in total. The zero-order valence-electron chi connectivity index (χ0n) is 21.2. The van der Waals surface area contributed by atoms with Gasteiger partial charge < -0.3 is 9.47 Å². The van der Waals surface area contributed by atoms with E-state index in [0.29, 0.717) is 0 Å². The Kier molecular flexibility index (Phi) is 7.07. The van der Waals surface area contributed by atoms with Gasteiger partial charge in [0.15, 0.2) is 0 Å². The van der Waals surface area contributed by atoms with Crippen LogP contribution in [0.3, 0.4) is 0 Å². The van der Waals surface area contributed by atoms with Crippen LogP contribution in [-0.4, -0.2) is 14.2 Å². The average Bonchev–Trinajstić information content (AvgIpc) is 2.84. The molecule has 0 heterocycles. The van der Waals surface area contributed by atoms with Crippen LogP contribution in [0.15, 0.2) is 72.8 Å². The lowest BCUT2D eigenvalue weighted by molar-refractivity contribution is 0.410. The second kappa shape index (κ2) is 10.2. The quantitative estimate of drug-likeness (QED) is 0.286. The van der Waals surface area contributed by atoms with Crippen LogP contribution in [0.2, 0.25) is 0 Å². The molecule has 0 saturated carbocycles. The van der Waals surface area contributed by atoms with Crippen molar-refractivity contribution in [1.82, 2.24) is 0 Å². The Morgan fingerprint density at radius 3 is 1.18 bits per heavy atom. The number of hydrogen-bond acceptors (Lipinski definition) is 2. The molecule has 34 heavy (non-hydrogen) atoms. The summed E-state index contributed by atoms with van der Waals surface area (Å²) in [4.78, 5) is 0. The molecular formula is C32H34O2. The van der Waals surface area contributed by atoms with E-state index in [1.807, 2.05) is 0 Å². The van der Waals surface area contributed by atoms with Crippen molar-refractivity contribution in [3.05, 3.63) is 117 Å². The summed E-state index contributed by atoms with van der Waals surface area (Å²) in [5.41, 5.74) is 12.4. The van der Waals surface area contributed by atoms with Gasteiger partial charge in [-0.15, -0.1) is 0 Å². The van der Waals surface area contributed by atoms with Crippen molar-refractivity contribution in [2.75, 3.05) is 14.2 Å². The van der Waals surface area contributed by atoms with Gasteiger partial charge >= 0.3 is 0 Å². The molecule has 4 rings (SSSR count). The van der Waals surface area contributed by atoms with Gasteiger partial charge in [-0.1, -0.05) is 71.8 Å². The van der Waals surface area contributed by atoms with Crippen LogP contribution in [0.25, 0.3) is 11.1 Å². The van der Waals surface area contributed by atoms with Crippen molar-refractivity contribution in [3.63, 3.8) is 0 Å². The topological polar surface area (TPSA) is 18.5 Å². The first-order valence-electron chi connectivity index (χ1n) is 11.8. The van der Waals surface area contributed by atoms with E-state index in [1.165, 1.54) is 44.5 Å². The molecule has 2 heteroatoms. The average molecular weight is 451 g/mol. The lowest BCUT2D eigenvalue weighted by Crippen LogP contribution is -2.00. The molecule has 4 aromatic carbocycles. The van der Waals surface area contributed by atoms with Gasteiger partial charge in [0.1, 0.15) is 11.5 Å². The molecule has 0 fully saturated rings. The van der Waals surface area contributed by atoms with E-state index < -0.39 is 0 Å². The van der Waals surface area contributed by atoms with E-state index in [9.17, 15) is 0 Å². The highest BCUT2D eigenvalue weighted by Crippen LogP contribution is 2.36. The Balaban J connectivity index is 1.77. The summed E-state index contributed by atoms with van der Waals surface area (Å²) in [7, 11) is 3.50. The van der Waals surface area contributed by atoms with Crippen LogP contribution in [-0.2, 0) is 12.8 Å². The Hall–Kier alpha value is -3.52. The van der Waals surface area contributed by atoms with Gasteiger partial charge in [0.2, 0.25) is 0 Å². The van der Waals surface area contributed by atoms with Crippen LogP contribution in [0.4, 0.5) is 0 Å². The first-order chi connectivity index (χ1) is 16.4. The highest BCUT2D eigenvalue weighted by molar-refractivity contribution is 5.71. The number of hydrogen-bond donors (Lipinski definition) is 0. The molecule has 0 radical (unpaired) electrons. The van der Waals surface area contributed by atoms with Crippen molar-refractivity contribution >= 4 is 0 Å². The van der Waals surface area contributed by atoms with E-state index >= 15 is 0 Å². The molecular weight excluding hydrogens is 416 g/mol. The minimum atomic E-state index is 0.871. The van der Waals surface area contributed by atoms with Gasteiger partial charge in [-0.2, -0.15) is 0 Å². The molecule has 0 saturated heterocycles. The maximum Gasteiger partial charge on any atom is 0.122 e. The fourth-order valence-electron chi connectivity index (χ4n) is 4.47. The lowest BCUT2D eigenvalue weighted by Gasteiger charge is -2.17. The minimum absolute atomic E-state index is 0.871. The first kappa shape index (κ1) is 23.6. The van der Waals surface area contributed by atoms with Crippen LogP contribution in [0, 0.1) is 27.7 Å². The van der Waals surface area contributed by atoms with Crippen LogP contribution < -0.4 is 9.47 Å². The highest BCUT2D eigenvalue weighted by Gasteiger charge is 2.14. The second-order valence-electron chi connectivity index (χ2n) is 9.25. The standard InChI is InChI=1S/C32H34O2/c1-21-7-11-25(12-8-21)15-27-17-29(19-31(33-5)23(27)3)30-18-28(24(4)32(20-30)34-6)16-26-13-9-22(2)10-14-26/h7-14,17-20H,15-16H2,1-6H3. The van der Waals surface area contributed by atoms with Gasteiger partial charge in [0.25, 0.3) is 0 Å². The molecule has 4 aromatic rings. The fourth-order valence-corrected chi connectivity index (χ4v) is 4.47. The molecule has 0 bridgehead atoms. The molecule has 0 atom stereocenters. The summed E-state index contributed by atoms with van der Waals surface area (Å²) in [6.45, 7) is 8.53. The third-order valence-corrected chi connectivity index (χ3v) is 6.74. The van der Waals surface area contributed by atoms with Gasteiger partial charge in [-0.3, -0.25) is 0 Å². The largest absolute Gasteiger partial charge is 0.496 e. The molecule has 0 spiro atoms. The van der Waals surface area contributed by atoms with Crippen LogP contribution in [0.1, 0.15) is 44.5 Å². The van der Waals surface area contributed by atoms with E-state index in [4.69, 9.17) is 9.47 Å². The van der Waals surface area contributed by atoms with E-state index in [0.717, 1.165) is 35.5 Å². The summed E-state index contributed by atoms with van der Waals surface area (Å²) in [6, 6.07) is 26.4. The number of methoxy groups -OCH3 is 2. The lowest BCUT2D eigenvalue weighted by atomic mass is 9.91. The third kappa shape index (κ3) is 5.17. The van der Waals surface area contributed by atoms with E-state index in [-0.39, 0.29) is 0 Å². The minimum Gasteiger partial charge on any atom is -0.496 e. The predicted molar refractivity (Wildman–Crippen MR) is 142 cm³/mol. The maximum atomic E-state index is 5.79. The molecule has 0 aliphatic heterocycles. The summed E-state index contributed by atoms with van der Waals surface area (Å²) in [5, 5.41) is 0. The summed E-state index contributed by atoms with van der Waals surface area (Å²) in [5.74, 6) is 1.83. The fraction of sp³-hybridized carbons (Fsp3) is 0.250. The molecule has 2 nitrogen and oxygen atoms in total. The Labute approximate surface area is 204 Å². The molecule has 0 aliphatic carbocycles. The highest BCUT2D eigenvalue weighted by atomic mass is 16.5. The predicted octanol–water partition coefficient (Wildman–Crippen LogP) is 7.79. The number of rotatable bonds is 7. The van der Waals surface area contributed by atoms with Crippen molar-refractivity contribution in [2.24, 2.45) is 0 Å². The summed E-state index contributed by atoms with van der Waals surface area (Å²) in [6.07, 6.45) is 1.74. The smallest absolute Gasteiger partial charge is 0.122 e. The van der Waals surface area contributed by atoms with Crippen molar-refractivity contribution in [1.29, 1.82) is 0 Å². The molecule has 0 amide bonds. The zero-order chi connectivity index (χ0) is 24.2. The Morgan fingerprint density at radius 2 is 0.853 bits per heavy atom. The van der Waals surface area contributed by atoms with Crippen molar-refractivity contribution in [2.45, 2.75) is 40.5 Å².